The molecule has 4 nitrogen and oxygen atoms in total. The zero-order valence-corrected chi connectivity index (χ0v) is 15.1. The van der Waals surface area contributed by atoms with Crippen molar-refractivity contribution < 1.29 is 0 Å². The number of rotatable bonds is 4. The smallest absolute Gasteiger partial charge is 0.164 e. The molecule has 0 aliphatic rings. The number of fused-ring (bicyclic) bond motifs is 3. The first-order valence-electron chi connectivity index (χ1n) is 8.56. The summed E-state index contributed by atoms with van der Waals surface area (Å²) in [6.45, 7) is 4.19. The molecule has 4 rings (SSSR count). The second kappa shape index (κ2) is 6.45. The van der Waals surface area contributed by atoms with E-state index in [0.29, 0.717) is 5.02 Å². The number of halogens is 1. The molecule has 0 bridgehead atoms. The highest BCUT2D eigenvalue weighted by atomic mass is 35.5. The normalized spacial score (nSPS) is 11.5. The van der Waals surface area contributed by atoms with Crippen LogP contribution in [0.4, 0.5) is 0 Å². The highest BCUT2D eigenvalue weighted by Gasteiger charge is 2.16. The minimum Gasteiger partial charge on any atom is -0.273 e. The number of pyridine rings is 1. The maximum Gasteiger partial charge on any atom is 0.164 e. The second-order valence-corrected chi connectivity index (χ2v) is 6.67. The van der Waals surface area contributed by atoms with Crippen LogP contribution in [0.1, 0.15) is 31.0 Å². The maximum atomic E-state index is 6.52. The van der Waals surface area contributed by atoms with Gasteiger partial charge in [0, 0.05) is 11.8 Å². The average Bonchev–Trinajstić information content (AvgIpc) is 3.07. The van der Waals surface area contributed by atoms with Crippen molar-refractivity contribution in [3.63, 3.8) is 0 Å². The Labute approximate surface area is 151 Å². The lowest BCUT2D eigenvalue weighted by molar-refractivity contribution is 0.795. The maximum absolute atomic E-state index is 6.52. The predicted molar refractivity (Wildman–Crippen MR) is 102 cm³/mol. The predicted octanol–water partition coefficient (Wildman–Crippen LogP) is 5.25. The van der Waals surface area contributed by atoms with Gasteiger partial charge in [-0.2, -0.15) is 0 Å². The van der Waals surface area contributed by atoms with Gasteiger partial charge >= 0.3 is 0 Å². The van der Waals surface area contributed by atoms with Crippen molar-refractivity contribution in [3.8, 4) is 11.4 Å². The zero-order valence-electron chi connectivity index (χ0n) is 14.3. The summed E-state index contributed by atoms with van der Waals surface area (Å²) in [5.74, 6) is 0.813. The SMILES string of the molecule is CCCCc1ccc(Cl)c(-c2ncc3c(C)nc4cccnc4n23)c1. The van der Waals surface area contributed by atoms with Crippen molar-refractivity contribution in [1.29, 1.82) is 0 Å². The largest absolute Gasteiger partial charge is 0.273 e. The minimum absolute atomic E-state index is 0.700. The molecule has 5 heteroatoms. The molecule has 0 fully saturated rings. The van der Waals surface area contributed by atoms with Crippen molar-refractivity contribution in [1.82, 2.24) is 19.4 Å². The van der Waals surface area contributed by atoms with Crippen LogP contribution in [-0.4, -0.2) is 19.4 Å². The van der Waals surface area contributed by atoms with Gasteiger partial charge in [-0.05, 0) is 49.6 Å². The molecule has 25 heavy (non-hydrogen) atoms. The molecule has 0 radical (unpaired) electrons. The molecule has 0 saturated heterocycles. The summed E-state index contributed by atoms with van der Waals surface area (Å²) in [5.41, 5.74) is 5.75. The number of benzene rings is 1. The van der Waals surface area contributed by atoms with Gasteiger partial charge in [0.05, 0.1) is 22.4 Å². The van der Waals surface area contributed by atoms with Crippen LogP contribution in [0.15, 0.2) is 42.7 Å². The first kappa shape index (κ1) is 16.0. The van der Waals surface area contributed by atoms with E-state index in [1.165, 1.54) is 12.0 Å². The van der Waals surface area contributed by atoms with E-state index in [-0.39, 0.29) is 0 Å². The van der Waals surface area contributed by atoms with Crippen LogP contribution in [-0.2, 0) is 6.42 Å². The third-order valence-corrected chi connectivity index (χ3v) is 4.82. The van der Waals surface area contributed by atoms with Crippen LogP contribution in [0.5, 0.6) is 0 Å². The third-order valence-electron chi connectivity index (χ3n) is 4.49. The molecular formula is C20H19ClN4. The lowest BCUT2D eigenvalue weighted by Gasteiger charge is -2.10. The van der Waals surface area contributed by atoms with E-state index in [1.807, 2.05) is 31.3 Å². The van der Waals surface area contributed by atoms with E-state index in [1.54, 1.807) is 6.20 Å². The third kappa shape index (κ3) is 2.76. The molecule has 4 aromatic rings. The molecule has 0 atom stereocenters. The summed E-state index contributed by atoms with van der Waals surface area (Å²) in [6, 6.07) is 10.1. The van der Waals surface area contributed by atoms with Gasteiger partial charge in [0.25, 0.3) is 0 Å². The number of imidazole rings is 1. The number of aryl methyl sites for hydroxylation is 2. The van der Waals surface area contributed by atoms with Gasteiger partial charge in [-0.1, -0.05) is 31.0 Å². The topological polar surface area (TPSA) is 43.1 Å². The van der Waals surface area contributed by atoms with E-state index in [9.17, 15) is 0 Å². The van der Waals surface area contributed by atoms with Crippen LogP contribution in [0.25, 0.3) is 28.1 Å². The lowest BCUT2D eigenvalue weighted by Crippen LogP contribution is -1.99. The van der Waals surface area contributed by atoms with Crippen molar-refractivity contribution in [3.05, 3.63) is 59.0 Å². The Kier molecular flexibility index (Phi) is 4.14. The summed E-state index contributed by atoms with van der Waals surface area (Å²) in [6.07, 6.45) is 7.01. The van der Waals surface area contributed by atoms with E-state index in [2.05, 4.69) is 38.4 Å². The Bertz CT molecular complexity index is 1070. The molecule has 0 saturated carbocycles. The van der Waals surface area contributed by atoms with Gasteiger partial charge in [0.2, 0.25) is 0 Å². The number of hydrogen-bond donors (Lipinski definition) is 0. The first-order chi connectivity index (χ1) is 12.2. The van der Waals surface area contributed by atoms with Crippen molar-refractivity contribution >= 4 is 28.3 Å². The van der Waals surface area contributed by atoms with E-state index < -0.39 is 0 Å². The van der Waals surface area contributed by atoms with Crippen molar-refractivity contribution in [2.24, 2.45) is 0 Å². The van der Waals surface area contributed by atoms with Crippen LogP contribution in [0, 0.1) is 6.92 Å². The van der Waals surface area contributed by atoms with Gasteiger partial charge in [-0.3, -0.25) is 4.40 Å². The van der Waals surface area contributed by atoms with Gasteiger partial charge in [-0.15, -0.1) is 0 Å². The van der Waals surface area contributed by atoms with E-state index >= 15 is 0 Å². The molecule has 1 aromatic carbocycles. The fraction of sp³-hybridized carbons (Fsp3) is 0.250. The Hall–Kier alpha value is -2.46. The molecule has 0 N–H and O–H groups in total. The Morgan fingerprint density at radius 1 is 1.16 bits per heavy atom. The lowest BCUT2D eigenvalue weighted by atomic mass is 10.0. The van der Waals surface area contributed by atoms with Gasteiger partial charge < -0.3 is 0 Å². The highest BCUT2D eigenvalue weighted by Crippen LogP contribution is 2.31. The minimum atomic E-state index is 0.700. The molecular weight excluding hydrogens is 332 g/mol. The molecule has 0 amide bonds. The quantitative estimate of drug-likeness (QED) is 0.505. The number of nitrogens with zero attached hydrogens (tertiary/aromatic N) is 4. The van der Waals surface area contributed by atoms with Crippen molar-refractivity contribution in [2.75, 3.05) is 0 Å². The fourth-order valence-corrected chi connectivity index (χ4v) is 3.38. The zero-order chi connectivity index (χ0) is 17.4. The summed E-state index contributed by atoms with van der Waals surface area (Å²) >= 11 is 6.52. The average molecular weight is 351 g/mol. The van der Waals surface area contributed by atoms with E-state index in [4.69, 9.17) is 11.6 Å². The van der Waals surface area contributed by atoms with Crippen LogP contribution < -0.4 is 0 Å². The van der Waals surface area contributed by atoms with Gasteiger partial charge in [0.15, 0.2) is 5.65 Å². The Balaban J connectivity index is 1.99. The number of hydrogen-bond acceptors (Lipinski definition) is 3. The molecule has 0 unspecified atom stereocenters. The second-order valence-electron chi connectivity index (χ2n) is 6.26. The van der Waals surface area contributed by atoms with Gasteiger partial charge in [-0.25, -0.2) is 15.0 Å². The first-order valence-corrected chi connectivity index (χ1v) is 8.94. The van der Waals surface area contributed by atoms with Gasteiger partial charge in [0.1, 0.15) is 11.3 Å². The van der Waals surface area contributed by atoms with Crippen molar-refractivity contribution in [2.45, 2.75) is 33.1 Å². The standard InChI is InChI=1S/C20H19ClN4/c1-3-4-6-14-8-9-16(21)15(11-14)19-23-12-18-13(2)24-17-7-5-10-22-20(17)25(18)19/h5,7-12H,3-4,6H2,1-2H3. The molecule has 126 valence electrons. The summed E-state index contributed by atoms with van der Waals surface area (Å²) in [5, 5.41) is 0.700. The number of unbranched alkanes of at least 4 members (excludes halogenated alkanes) is 1. The Morgan fingerprint density at radius 2 is 2.04 bits per heavy atom. The number of aromatic nitrogens is 4. The highest BCUT2D eigenvalue weighted by molar-refractivity contribution is 6.33. The fourth-order valence-electron chi connectivity index (χ4n) is 3.18. The molecule has 3 heterocycles. The summed E-state index contributed by atoms with van der Waals surface area (Å²) < 4.78 is 2.06. The molecule has 0 aliphatic heterocycles. The Morgan fingerprint density at radius 3 is 2.88 bits per heavy atom. The summed E-state index contributed by atoms with van der Waals surface area (Å²) in [4.78, 5) is 13.8. The van der Waals surface area contributed by atoms with E-state index in [0.717, 1.165) is 46.6 Å². The summed E-state index contributed by atoms with van der Waals surface area (Å²) in [7, 11) is 0. The van der Waals surface area contributed by atoms with Crippen LogP contribution >= 0.6 is 11.6 Å². The van der Waals surface area contributed by atoms with Crippen LogP contribution in [0.3, 0.4) is 0 Å². The molecule has 0 spiro atoms. The molecule has 0 aliphatic carbocycles. The van der Waals surface area contributed by atoms with Crippen LogP contribution in [0.2, 0.25) is 5.02 Å². The monoisotopic (exact) mass is 350 g/mol. The molecule has 3 aromatic heterocycles.